The molecule has 0 N–H and O–H groups in total. The summed E-state index contributed by atoms with van der Waals surface area (Å²) in [6, 6.07) is 41.5. The Morgan fingerprint density at radius 3 is 1.78 bits per heavy atom. The minimum atomic E-state index is 0.664. The van der Waals surface area contributed by atoms with E-state index in [1.165, 1.54) is 0 Å². The topological polar surface area (TPSA) is 62.7 Å². The van der Waals surface area contributed by atoms with E-state index in [4.69, 9.17) is 9.68 Å². The third kappa shape index (κ3) is 3.83. The molecule has 0 fully saturated rings. The van der Waals surface area contributed by atoms with Crippen LogP contribution in [0.3, 0.4) is 0 Å². The molecule has 0 saturated carbocycles. The average Bonchev–Trinajstić information content (AvgIpc) is 3.42. The highest BCUT2D eigenvalue weighted by atomic mass is 16.3. The summed E-state index contributed by atoms with van der Waals surface area (Å²) in [5, 5.41) is 13.4. The summed E-state index contributed by atoms with van der Waals surface area (Å²) in [6.45, 7) is 0. The minimum Gasteiger partial charge on any atom is -0.456 e. The number of fused-ring (bicyclic) bond motifs is 6. The lowest BCUT2D eigenvalue weighted by molar-refractivity contribution is 0.669. The summed E-state index contributed by atoms with van der Waals surface area (Å²) in [5.41, 5.74) is 10.9. The number of hydrogen-bond acceptors (Lipinski definition) is 4. The maximum atomic E-state index is 9.08. The zero-order valence-electron chi connectivity index (χ0n) is 21.9. The van der Waals surface area contributed by atoms with Crippen LogP contribution in [0.2, 0.25) is 0 Å². The van der Waals surface area contributed by atoms with Gasteiger partial charge in [-0.3, -0.25) is 9.97 Å². The number of benzene rings is 5. The van der Waals surface area contributed by atoms with E-state index >= 15 is 0 Å². The van der Waals surface area contributed by atoms with Crippen LogP contribution in [0.1, 0.15) is 5.56 Å². The fourth-order valence-corrected chi connectivity index (χ4v) is 5.73. The van der Waals surface area contributed by atoms with E-state index in [0.717, 1.165) is 77.1 Å². The molecule has 0 atom stereocenters. The van der Waals surface area contributed by atoms with Crippen LogP contribution >= 0.6 is 0 Å². The number of aromatic nitrogens is 2. The van der Waals surface area contributed by atoms with E-state index in [0.29, 0.717) is 5.56 Å². The van der Waals surface area contributed by atoms with Crippen molar-refractivity contribution in [2.45, 2.75) is 0 Å². The van der Waals surface area contributed by atoms with Gasteiger partial charge < -0.3 is 4.42 Å². The van der Waals surface area contributed by atoms with Gasteiger partial charge in [-0.05, 0) is 88.0 Å². The lowest BCUT2D eigenvalue weighted by Crippen LogP contribution is -1.88. The standard InChI is InChI=1S/C37H21N3O/c38-22-23-5-7-24(8-6-23)25-9-11-26(12-10-25)27-13-15-34-32(19-27)33-20-28(14-16-35(33)41-34)31-21-29-3-1-17-39-36(29)37-30(31)4-2-18-40-37/h1-21H. The lowest BCUT2D eigenvalue weighted by atomic mass is 9.96. The quantitative estimate of drug-likeness (QED) is 0.216. The molecule has 8 rings (SSSR count). The molecule has 190 valence electrons. The predicted molar refractivity (Wildman–Crippen MR) is 165 cm³/mol. The number of pyridine rings is 2. The maximum absolute atomic E-state index is 9.08. The Labute approximate surface area is 235 Å². The van der Waals surface area contributed by atoms with Gasteiger partial charge in [-0.25, -0.2) is 0 Å². The first-order valence-electron chi connectivity index (χ1n) is 13.5. The molecule has 0 saturated heterocycles. The molecular weight excluding hydrogens is 502 g/mol. The van der Waals surface area contributed by atoms with Crippen molar-refractivity contribution in [1.29, 1.82) is 5.26 Å². The average molecular weight is 524 g/mol. The van der Waals surface area contributed by atoms with Gasteiger partial charge in [0.25, 0.3) is 0 Å². The van der Waals surface area contributed by atoms with Crippen LogP contribution in [-0.4, -0.2) is 9.97 Å². The molecular formula is C37H21N3O. The first kappa shape index (κ1) is 23.1. The summed E-state index contributed by atoms with van der Waals surface area (Å²) >= 11 is 0. The molecule has 0 bridgehead atoms. The van der Waals surface area contributed by atoms with Gasteiger partial charge in [0, 0.05) is 33.9 Å². The van der Waals surface area contributed by atoms with E-state index < -0.39 is 0 Å². The van der Waals surface area contributed by atoms with Crippen molar-refractivity contribution in [3.63, 3.8) is 0 Å². The minimum absolute atomic E-state index is 0.664. The fraction of sp³-hybridized carbons (Fsp3) is 0. The molecule has 0 unspecified atom stereocenters. The van der Waals surface area contributed by atoms with Crippen molar-refractivity contribution >= 4 is 43.7 Å². The van der Waals surface area contributed by atoms with Gasteiger partial charge in [-0.15, -0.1) is 0 Å². The van der Waals surface area contributed by atoms with Crippen LogP contribution in [0.4, 0.5) is 0 Å². The molecule has 0 aliphatic rings. The van der Waals surface area contributed by atoms with Crippen LogP contribution in [0.25, 0.3) is 77.1 Å². The molecule has 0 aliphatic heterocycles. The molecule has 3 aromatic heterocycles. The molecule has 3 heterocycles. The summed E-state index contributed by atoms with van der Waals surface area (Å²) < 4.78 is 6.24. The summed E-state index contributed by atoms with van der Waals surface area (Å²) in [5.74, 6) is 0. The van der Waals surface area contributed by atoms with Crippen LogP contribution in [0.15, 0.2) is 132 Å². The van der Waals surface area contributed by atoms with Crippen molar-refractivity contribution in [3.8, 4) is 39.4 Å². The SMILES string of the molecule is N#Cc1ccc(-c2ccc(-c3ccc4oc5ccc(-c6cc7cccnc7c7ncccc67)cc5c4c3)cc2)cc1. The van der Waals surface area contributed by atoms with Crippen molar-refractivity contribution in [2.75, 3.05) is 0 Å². The third-order valence-corrected chi connectivity index (χ3v) is 7.81. The highest BCUT2D eigenvalue weighted by Gasteiger charge is 2.14. The summed E-state index contributed by atoms with van der Waals surface area (Å²) in [4.78, 5) is 9.29. The first-order valence-corrected chi connectivity index (χ1v) is 13.5. The second-order valence-corrected chi connectivity index (χ2v) is 10.2. The van der Waals surface area contributed by atoms with Crippen LogP contribution < -0.4 is 0 Å². The van der Waals surface area contributed by atoms with Crippen LogP contribution in [-0.2, 0) is 0 Å². The second kappa shape index (κ2) is 9.15. The Morgan fingerprint density at radius 1 is 0.512 bits per heavy atom. The molecule has 8 aromatic rings. The normalized spacial score (nSPS) is 11.4. The van der Waals surface area contributed by atoms with Gasteiger partial charge >= 0.3 is 0 Å². The lowest BCUT2D eigenvalue weighted by Gasteiger charge is -2.10. The van der Waals surface area contributed by atoms with Crippen molar-refractivity contribution in [2.24, 2.45) is 0 Å². The molecule has 5 aromatic carbocycles. The first-order chi connectivity index (χ1) is 20.2. The van der Waals surface area contributed by atoms with E-state index in [1.807, 2.05) is 48.8 Å². The molecule has 0 radical (unpaired) electrons. The highest BCUT2D eigenvalue weighted by Crippen LogP contribution is 2.38. The summed E-state index contributed by atoms with van der Waals surface area (Å²) in [7, 11) is 0. The van der Waals surface area contributed by atoms with E-state index in [1.54, 1.807) is 0 Å². The zero-order chi connectivity index (χ0) is 27.3. The molecule has 0 spiro atoms. The van der Waals surface area contributed by atoms with E-state index in [2.05, 4.69) is 94.9 Å². The number of furan rings is 1. The Hall–Kier alpha value is -5.79. The number of nitriles is 1. The van der Waals surface area contributed by atoms with Crippen molar-refractivity contribution in [1.82, 2.24) is 9.97 Å². The van der Waals surface area contributed by atoms with Gasteiger partial charge in [-0.1, -0.05) is 60.7 Å². The Morgan fingerprint density at radius 2 is 1.07 bits per heavy atom. The van der Waals surface area contributed by atoms with Crippen molar-refractivity contribution in [3.05, 3.63) is 133 Å². The smallest absolute Gasteiger partial charge is 0.135 e. The summed E-state index contributed by atoms with van der Waals surface area (Å²) in [6.07, 6.45) is 3.64. The van der Waals surface area contributed by atoms with E-state index in [9.17, 15) is 0 Å². The number of hydrogen-bond donors (Lipinski definition) is 0. The van der Waals surface area contributed by atoms with Gasteiger partial charge in [0.1, 0.15) is 11.2 Å². The van der Waals surface area contributed by atoms with Gasteiger partial charge in [0.15, 0.2) is 0 Å². The Kier molecular flexibility index (Phi) is 5.16. The number of nitrogens with zero attached hydrogens (tertiary/aromatic N) is 3. The Bertz CT molecular complexity index is 2310. The van der Waals surface area contributed by atoms with Gasteiger partial charge in [0.2, 0.25) is 0 Å². The van der Waals surface area contributed by atoms with E-state index in [-0.39, 0.29) is 0 Å². The largest absolute Gasteiger partial charge is 0.456 e. The van der Waals surface area contributed by atoms with Crippen LogP contribution in [0, 0.1) is 11.3 Å². The zero-order valence-corrected chi connectivity index (χ0v) is 21.9. The molecule has 4 nitrogen and oxygen atoms in total. The maximum Gasteiger partial charge on any atom is 0.135 e. The molecule has 41 heavy (non-hydrogen) atoms. The van der Waals surface area contributed by atoms with Gasteiger partial charge in [-0.2, -0.15) is 5.26 Å². The Balaban J connectivity index is 1.23. The van der Waals surface area contributed by atoms with Crippen LogP contribution in [0.5, 0.6) is 0 Å². The monoisotopic (exact) mass is 523 g/mol. The third-order valence-electron chi connectivity index (χ3n) is 7.81. The van der Waals surface area contributed by atoms with Gasteiger partial charge in [0.05, 0.1) is 22.7 Å². The molecule has 4 heteroatoms. The fourth-order valence-electron chi connectivity index (χ4n) is 5.73. The van der Waals surface area contributed by atoms with Crippen molar-refractivity contribution < 1.29 is 4.42 Å². The second-order valence-electron chi connectivity index (χ2n) is 10.2. The number of rotatable bonds is 3. The molecule has 0 aliphatic carbocycles. The predicted octanol–water partition coefficient (Wildman–Crippen LogP) is 9.56. The highest BCUT2D eigenvalue weighted by molar-refractivity contribution is 6.12. The molecule has 0 amide bonds.